The van der Waals surface area contributed by atoms with Crippen molar-refractivity contribution in [1.29, 1.82) is 0 Å². The summed E-state index contributed by atoms with van der Waals surface area (Å²) in [6, 6.07) is 0. The Morgan fingerprint density at radius 2 is 2.00 bits per heavy atom. The minimum absolute atomic E-state index is 0.0673. The minimum Gasteiger partial charge on any atom is -0.444 e. The fourth-order valence-electron chi connectivity index (χ4n) is 2.63. The summed E-state index contributed by atoms with van der Waals surface area (Å²) in [5.74, 6) is 0.627. The Balaban J connectivity index is 2.67. The molecule has 1 rings (SSSR count). The van der Waals surface area contributed by atoms with Gasteiger partial charge in [-0.25, -0.2) is 4.79 Å². The molecule has 0 aliphatic carbocycles. The second kappa shape index (κ2) is 4.87. The molecule has 0 saturated carbocycles. The van der Waals surface area contributed by atoms with Gasteiger partial charge in [0.1, 0.15) is 5.60 Å². The number of carbonyl (C=O) groups is 1. The van der Waals surface area contributed by atoms with E-state index < -0.39 is 5.60 Å². The SMILES string of the molecule is CCCC1CN(C(=O)OC(C)(C)C)C(C)(C)C1. The molecule has 17 heavy (non-hydrogen) atoms. The van der Waals surface area contributed by atoms with Gasteiger partial charge in [-0.3, -0.25) is 0 Å². The molecule has 100 valence electrons. The monoisotopic (exact) mass is 241 g/mol. The highest BCUT2D eigenvalue weighted by atomic mass is 16.6. The van der Waals surface area contributed by atoms with Crippen molar-refractivity contribution in [2.24, 2.45) is 5.92 Å². The van der Waals surface area contributed by atoms with Crippen molar-refractivity contribution in [3.8, 4) is 0 Å². The molecule has 1 unspecified atom stereocenters. The van der Waals surface area contributed by atoms with Crippen LogP contribution in [0.5, 0.6) is 0 Å². The number of hydrogen-bond acceptors (Lipinski definition) is 2. The van der Waals surface area contributed by atoms with Gasteiger partial charge in [-0.1, -0.05) is 13.3 Å². The first-order chi connectivity index (χ1) is 7.65. The van der Waals surface area contributed by atoms with Gasteiger partial charge in [0.2, 0.25) is 0 Å². The summed E-state index contributed by atoms with van der Waals surface area (Å²) in [6.45, 7) is 13.0. The standard InChI is InChI=1S/C14H27NO2/c1-7-8-11-9-14(5,6)15(10-11)12(16)17-13(2,3)4/h11H,7-10H2,1-6H3. The quantitative estimate of drug-likeness (QED) is 0.735. The fraction of sp³-hybridized carbons (Fsp3) is 0.929. The first-order valence-electron chi connectivity index (χ1n) is 6.66. The lowest BCUT2D eigenvalue weighted by molar-refractivity contribution is 0.0131. The van der Waals surface area contributed by atoms with Crippen molar-refractivity contribution in [3.63, 3.8) is 0 Å². The minimum atomic E-state index is -0.407. The lowest BCUT2D eigenvalue weighted by Crippen LogP contribution is -2.45. The van der Waals surface area contributed by atoms with Crippen LogP contribution >= 0.6 is 0 Å². The molecule has 0 aromatic heterocycles. The lowest BCUT2D eigenvalue weighted by Gasteiger charge is -2.33. The highest BCUT2D eigenvalue weighted by Crippen LogP contribution is 2.35. The maximum Gasteiger partial charge on any atom is 0.410 e. The molecule has 0 aromatic rings. The van der Waals surface area contributed by atoms with Crippen LogP contribution in [0.15, 0.2) is 0 Å². The summed E-state index contributed by atoms with van der Waals surface area (Å²) in [5.41, 5.74) is -0.474. The van der Waals surface area contributed by atoms with Gasteiger partial charge in [0, 0.05) is 12.1 Å². The van der Waals surface area contributed by atoms with Crippen molar-refractivity contribution in [3.05, 3.63) is 0 Å². The van der Waals surface area contributed by atoms with Crippen LogP contribution in [0.4, 0.5) is 4.79 Å². The van der Waals surface area contributed by atoms with Gasteiger partial charge >= 0.3 is 6.09 Å². The molecular weight excluding hydrogens is 214 g/mol. The number of likely N-dealkylation sites (tertiary alicyclic amines) is 1. The molecule has 1 atom stereocenters. The summed E-state index contributed by atoms with van der Waals surface area (Å²) < 4.78 is 5.47. The van der Waals surface area contributed by atoms with E-state index in [9.17, 15) is 4.79 Å². The van der Waals surface area contributed by atoms with Crippen molar-refractivity contribution < 1.29 is 9.53 Å². The Morgan fingerprint density at radius 1 is 1.41 bits per heavy atom. The Labute approximate surface area is 106 Å². The Morgan fingerprint density at radius 3 is 2.47 bits per heavy atom. The summed E-state index contributed by atoms with van der Waals surface area (Å²) in [7, 11) is 0. The summed E-state index contributed by atoms with van der Waals surface area (Å²) in [4.78, 5) is 14.0. The van der Waals surface area contributed by atoms with Crippen LogP contribution in [0.3, 0.4) is 0 Å². The second-order valence-electron chi connectivity index (χ2n) is 6.76. The van der Waals surface area contributed by atoms with Crippen LogP contribution in [0.1, 0.15) is 60.8 Å². The number of ether oxygens (including phenoxy) is 1. The topological polar surface area (TPSA) is 29.5 Å². The first-order valence-corrected chi connectivity index (χ1v) is 6.66. The van der Waals surface area contributed by atoms with Crippen LogP contribution in [0.25, 0.3) is 0 Å². The average Bonchev–Trinajstić information content (AvgIpc) is 2.38. The van der Waals surface area contributed by atoms with E-state index in [0.717, 1.165) is 13.0 Å². The van der Waals surface area contributed by atoms with Crippen molar-refractivity contribution in [2.75, 3.05) is 6.54 Å². The van der Waals surface area contributed by atoms with Gasteiger partial charge in [-0.05, 0) is 53.4 Å². The molecule has 1 heterocycles. The Bertz CT molecular complexity index is 278. The Kier molecular flexibility index (Phi) is 4.11. The number of hydrogen-bond donors (Lipinski definition) is 0. The maximum absolute atomic E-state index is 12.1. The molecule has 3 heteroatoms. The van der Waals surface area contributed by atoms with Crippen LogP contribution < -0.4 is 0 Å². The predicted octanol–water partition coefficient (Wildman–Crippen LogP) is 3.82. The third-order valence-electron chi connectivity index (χ3n) is 3.27. The second-order valence-corrected chi connectivity index (χ2v) is 6.76. The number of rotatable bonds is 2. The van der Waals surface area contributed by atoms with Gasteiger partial charge in [0.05, 0.1) is 0 Å². The third kappa shape index (κ3) is 3.90. The molecule has 1 fully saturated rings. The maximum atomic E-state index is 12.1. The van der Waals surface area contributed by atoms with E-state index in [-0.39, 0.29) is 11.6 Å². The third-order valence-corrected chi connectivity index (χ3v) is 3.27. The summed E-state index contributed by atoms with van der Waals surface area (Å²) in [5, 5.41) is 0. The molecule has 1 aliphatic rings. The van der Waals surface area contributed by atoms with Gasteiger partial charge in [-0.2, -0.15) is 0 Å². The molecular formula is C14H27NO2. The van der Waals surface area contributed by atoms with E-state index in [0.29, 0.717) is 5.92 Å². The van der Waals surface area contributed by atoms with E-state index in [1.165, 1.54) is 12.8 Å². The van der Waals surface area contributed by atoms with Gasteiger partial charge in [0.15, 0.2) is 0 Å². The Hall–Kier alpha value is -0.730. The molecule has 0 spiro atoms. The highest BCUT2D eigenvalue weighted by molar-refractivity contribution is 5.69. The molecule has 0 N–H and O–H groups in total. The molecule has 1 amide bonds. The smallest absolute Gasteiger partial charge is 0.410 e. The zero-order valence-electron chi connectivity index (χ0n) is 12.2. The first kappa shape index (κ1) is 14.3. The molecule has 0 radical (unpaired) electrons. The zero-order chi connectivity index (χ0) is 13.3. The highest BCUT2D eigenvalue weighted by Gasteiger charge is 2.42. The zero-order valence-corrected chi connectivity index (χ0v) is 12.2. The van der Waals surface area contributed by atoms with Gasteiger partial charge in [-0.15, -0.1) is 0 Å². The normalized spacial score (nSPS) is 23.9. The van der Waals surface area contributed by atoms with Gasteiger partial charge in [0.25, 0.3) is 0 Å². The molecule has 3 nitrogen and oxygen atoms in total. The van der Waals surface area contributed by atoms with Gasteiger partial charge < -0.3 is 9.64 Å². The summed E-state index contributed by atoms with van der Waals surface area (Å²) >= 11 is 0. The summed E-state index contributed by atoms with van der Waals surface area (Å²) in [6.07, 6.45) is 3.30. The molecule has 1 saturated heterocycles. The molecule has 0 aromatic carbocycles. The van der Waals surface area contributed by atoms with Crippen molar-refractivity contribution >= 4 is 6.09 Å². The average molecular weight is 241 g/mol. The lowest BCUT2D eigenvalue weighted by atomic mass is 9.94. The van der Waals surface area contributed by atoms with E-state index in [4.69, 9.17) is 4.74 Å². The van der Waals surface area contributed by atoms with Crippen LogP contribution in [-0.2, 0) is 4.74 Å². The van der Waals surface area contributed by atoms with Crippen LogP contribution in [0, 0.1) is 5.92 Å². The van der Waals surface area contributed by atoms with Crippen molar-refractivity contribution in [1.82, 2.24) is 4.90 Å². The van der Waals surface area contributed by atoms with E-state index >= 15 is 0 Å². The number of amides is 1. The predicted molar refractivity (Wildman–Crippen MR) is 70.0 cm³/mol. The molecule has 0 bridgehead atoms. The van der Waals surface area contributed by atoms with Crippen LogP contribution in [0.2, 0.25) is 0 Å². The fourth-order valence-corrected chi connectivity index (χ4v) is 2.63. The number of carbonyl (C=O) groups excluding carboxylic acids is 1. The van der Waals surface area contributed by atoms with Crippen molar-refractivity contribution in [2.45, 2.75) is 71.9 Å². The molecule has 1 aliphatic heterocycles. The van der Waals surface area contributed by atoms with E-state index in [1.807, 2.05) is 25.7 Å². The number of nitrogens with zero attached hydrogens (tertiary/aromatic N) is 1. The van der Waals surface area contributed by atoms with E-state index in [1.54, 1.807) is 0 Å². The largest absolute Gasteiger partial charge is 0.444 e. The van der Waals surface area contributed by atoms with E-state index in [2.05, 4.69) is 20.8 Å². The van der Waals surface area contributed by atoms with Crippen LogP contribution in [-0.4, -0.2) is 28.7 Å².